The van der Waals surface area contributed by atoms with Crippen LogP contribution in [0.2, 0.25) is 0 Å². The monoisotopic (exact) mass is 540 g/mol. The predicted octanol–water partition coefficient (Wildman–Crippen LogP) is 6.94. The van der Waals surface area contributed by atoms with Crippen molar-refractivity contribution in [3.05, 3.63) is 95.6 Å². The summed E-state index contributed by atoms with van der Waals surface area (Å²) in [6, 6.07) is 26.7. The van der Waals surface area contributed by atoms with Crippen molar-refractivity contribution in [1.82, 2.24) is 10.2 Å². The molecule has 1 atom stereocenters. The van der Waals surface area contributed by atoms with Gasteiger partial charge in [0.25, 0.3) is 5.91 Å². The van der Waals surface area contributed by atoms with E-state index in [-0.39, 0.29) is 23.3 Å². The first-order valence-electron chi connectivity index (χ1n) is 14.8. The molecule has 40 heavy (non-hydrogen) atoms. The van der Waals surface area contributed by atoms with Gasteiger partial charge in [-0.05, 0) is 68.3 Å². The zero-order chi connectivity index (χ0) is 28.4. The van der Waals surface area contributed by atoms with Crippen molar-refractivity contribution in [2.75, 3.05) is 26.2 Å². The van der Waals surface area contributed by atoms with E-state index in [1.54, 1.807) is 0 Å². The molecule has 0 aliphatic carbocycles. The van der Waals surface area contributed by atoms with Crippen LogP contribution in [0.3, 0.4) is 0 Å². The molecule has 3 aromatic rings. The molecule has 5 heteroatoms. The second-order valence-corrected chi connectivity index (χ2v) is 11.4. The Hall–Kier alpha value is -3.44. The van der Waals surface area contributed by atoms with Crippen molar-refractivity contribution in [1.29, 1.82) is 0 Å². The number of carbonyl (C=O) groups is 2. The summed E-state index contributed by atoms with van der Waals surface area (Å²) in [5.74, 6) is -0.114. The Morgan fingerprint density at radius 3 is 2.33 bits per heavy atom. The van der Waals surface area contributed by atoms with Crippen LogP contribution in [0.25, 0.3) is 11.1 Å². The van der Waals surface area contributed by atoms with Crippen LogP contribution in [-0.4, -0.2) is 49.1 Å². The molecule has 0 aromatic heterocycles. The lowest BCUT2D eigenvalue weighted by Crippen LogP contribution is -2.45. The van der Waals surface area contributed by atoms with Crippen LogP contribution in [-0.2, 0) is 14.9 Å². The number of piperidine rings is 1. The van der Waals surface area contributed by atoms with Gasteiger partial charge in [-0.3, -0.25) is 9.59 Å². The molecule has 1 fully saturated rings. The Morgan fingerprint density at radius 2 is 1.62 bits per heavy atom. The number of nitrogens with zero attached hydrogens (tertiary/aromatic N) is 1. The normalized spacial score (nSPS) is 15.8. The highest BCUT2D eigenvalue weighted by atomic mass is 16.5. The van der Waals surface area contributed by atoms with Gasteiger partial charge in [-0.15, -0.1) is 0 Å². The number of ether oxygens (including phenoxy) is 1. The zero-order valence-electron chi connectivity index (χ0n) is 24.3. The molecule has 1 aliphatic heterocycles. The van der Waals surface area contributed by atoms with Crippen LogP contribution in [0, 0.1) is 6.92 Å². The standard InChI is InChI=1S/C35H44N2O3/c1-4-25-40-33(38)26-35(3,29-11-6-5-7-12-29)21-10-22-37-23-19-30(20-24-37)36-34(39)32-14-9-8-13-31(32)28-17-15-27(2)16-18-28/h5-9,11-18,30H,4,10,19-26H2,1-3H3,(H,36,39). The number of hydrogen-bond acceptors (Lipinski definition) is 4. The van der Waals surface area contributed by atoms with E-state index in [9.17, 15) is 9.59 Å². The van der Waals surface area contributed by atoms with Gasteiger partial charge >= 0.3 is 5.97 Å². The van der Waals surface area contributed by atoms with E-state index in [1.165, 1.54) is 11.1 Å². The predicted molar refractivity (Wildman–Crippen MR) is 162 cm³/mol. The maximum atomic E-state index is 13.3. The Bertz CT molecular complexity index is 1230. The van der Waals surface area contributed by atoms with Crippen molar-refractivity contribution in [3.8, 4) is 11.1 Å². The lowest BCUT2D eigenvalue weighted by atomic mass is 9.76. The lowest BCUT2D eigenvalue weighted by Gasteiger charge is -2.34. The summed E-state index contributed by atoms with van der Waals surface area (Å²) in [6.07, 6.45) is 5.05. The van der Waals surface area contributed by atoms with Gasteiger partial charge in [-0.1, -0.05) is 92.2 Å². The molecule has 1 aliphatic rings. The Balaban J connectivity index is 1.28. The number of nitrogens with one attached hydrogen (secondary N) is 1. The molecule has 4 rings (SSSR count). The average Bonchev–Trinajstić information content (AvgIpc) is 2.98. The fourth-order valence-electron chi connectivity index (χ4n) is 5.68. The first-order chi connectivity index (χ1) is 19.4. The molecule has 1 heterocycles. The van der Waals surface area contributed by atoms with Crippen LogP contribution >= 0.6 is 0 Å². The van der Waals surface area contributed by atoms with Crippen LogP contribution in [0.1, 0.15) is 73.9 Å². The van der Waals surface area contributed by atoms with Gasteiger partial charge in [0.2, 0.25) is 0 Å². The maximum absolute atomic E-state index is 13.3. The minimum Gasteiger partial charge on any atom is -0.466 e. The van der Waals surface area contributed by atoms with Crippen LogP contribution < -0.4 is 5.32 Å². The second kappa shape index (κ2) is 14.3. The Morgan fingerprint density at radius 1 is 0.950 bits per heavy atom. The first-order valence-corrected chi connectivity index (χ1v) is 14.8. The van der Waals surface area contributed by atoms with E-state index in [1.807, 2.05) is 49.4 Å². The summed E-state index contributed by atoms with van der Waals surface area (Å²) in [5, 5.41) is 3.30. The van der Waals surface area contributed by atoms with Gasteiger partial charge in [0.05, 0.1) is 13.0 Å². The number of carbonyl (C=O) groups excluding carboxylic acids is 2. The number of esters is 1. The molecule has 1 amide bonds. The second-order valence-electron chi connectivity index (χ2n) is 11.4. The number of benzene rings is 3. The molecule has 0 saturated carbocycles. The first kappa shape index (κ1) is 29.5. The highest BCUT2D eigenvalue weighted by Gasteiger charge is 2.30. The highest BCUT2D eigenvalue weighted by Crippen LogP contribution is 2.33. The molecular formula is C35H44N2O3. The Labute approximate surface area is 239 Å². The van der Waals surface area contributed by atoms with E-state index in [0.717, 1.165) is 68.4 Å². The number of aryl methyl sites for hydroxylation is 1. The number of hydrogen-bond donors (Lipinski definition) is 1. The van der Waals surface area contributed by atoms with Crippen molar-refractivity contribution in [2.45, 2.75) is 70.8 Å². The third kappa shape index (κ3) is 8.04. The van der Waals surface area contributed by atoms with Gasteiger partial charge in [-0.25, -0.2) is 0 Å². The summed E-state index contributed by atoms with van der Waals surface area (Å²) in [6.45, 7) is 9.67. The van der Waals surface area contributed by atoms with Crippen LogP contribution in [0.4, 0.5) is 0 Å². The quantitative estimate of drug-likeness (QED) is 0.253. The molecule has 0 bridgehead atoms. The SMILES string of the molecule is CCCOC(=O)CC(C)(CCCN1CCC(NC(=O)c2ccccc2-c2ccc(C)cc2)CC1)c1ccccc1. The summed E-state index contributed by atoms with van der Waals surface area (Å²) in [7, 11) is 0. The minimum absolute atomic E-state index is 0.00297. The van der Waals surface area contributed by atoms with E-state index < -0.39 is 0 Å². The lowest BCUT2D eigenvalue weighted by molar-refractivity contribution is -0.145. The van der Waals surface area contributed by atoms with E-state index in [4.69, 9.17) is 4.74 Å². The number of amides is 1. The summed E-state index contributed by atoms with van der Waals surface area (Å²) < 4.78 is 5.43. The van der Waals surface area contributed by atoms with Crippen LogP contribution in [0.5, 0.6) is 0 Å². The van der Waals surface area contributed by atoms with Crippen molar-refractivity contribution in [3.63, 3.8) is 0 Å². The molecular weight excluding hydrogens is 496 g/mol. The smallest absolute Gasteiger partial charge is 0.306 e. The van der Waals surface area contributed by atoms with E-state index in [0.29, 0.717) is 13.0 Å². The summed E-state index contributed by atoms with van der Waals surface area (Å²) in [5.41, 5.74) is 4.91. The molecule has 212 valence electrons. The zero-order valence-corrected chi connectivity index (χ0v) is 24.3. The molecule has 1 saturated heterocycles. The highest BCUT2D eigenvalue weighted by molar-refractivity contribution is 6.01. The van der Waals surface area contributed by atoms with Gasteiger partial charge in [0, 0.05) is 30.1 Å². The number of rotatable bonds is 12. The topological polar surface area (TPSA) is 58.6 Å². The Kier molecular flexibility index (Phi) is 10.5. The van der Waals surface area contributed by atoms with E-state index in [2.05, 4.69) is 60.5 Å². The molecule has 3 aromatic carbocycles. The van der Waals surface area contributed by atoms with E-state index >= 15 is 0 Å². The summed E-state index contributed by atoms with van der Waals surface area (Å²) >= 11 is 0. The van der Waals surface area contributed by atoms with Crippen LogP contribution in [0.15, 0.2) is 78.9 Å². The van der Waals surface area contributed by atoms with Gasteiger partial charge in [-0.2, -0.15) is 0 Å². The fourth-order valence-corrected chi connectivity index (χ4v) is 5.68. The summed E-state index contributed by atoms with van der Waals surface area (Å²) in [4.78, 5) is 28.3. The van der Waals surface area contributed by atoms with Gasteiger partial charge < -0.3 is 15.0 Å². The van der Waals surface area contributed by atoms with Gasteiger partial charge in [0.1, 0.15) is 0 Å². The largest absolute Gasteiger partial charge is 0.466 e. The van der Waals surface area contributed by atoms with Crippen molar-refractivity contribution >= 4 is 11.9 Å². The average molecular weight is 541 g/mol. The molecule has 1 unspecified atom stereocenters. The van der Waals surface area contributed by atoms with Gasteiger partial charge in [0.15, 0.2) is 0 Å². The molecule has 0 radical (unpaired) electrons. The van der Waals surface area contributed by atoms with Crippen molar-refractivity contribution in [2.24, 2.45) is 0 Å². The molecule has 0 spiro atoms. The third-order valence-electron chi connectivity index (χ3n) is 8.13. The minimum atomic E-state index is -0.247. The van der Waals surface area contributed by atoms with Crippen molar-refractivity contribution < 1.29 is 14.3 Å². The fraction of sp³-hybridized carbons (Fsp3) is 0.429. The molecule has 5 nitrogen and oxygen atoms in total. The molecule has 1 N–H and O–H groups in total. The number of likely N-dealkylation sites (tertiary alicyclic amines) is 1. The maximum Gasteiger partial charge on any atom is 0.306 e. The third-order valence-corrected chi connectivity index (χ3v) is 8.13.